The minimum atomic E-state index is 0.762. The molecule has 0 unspecified atom stereocenters. The highest BCUT2D eigenvalue weighted by Gasteiger charge is 2.16. The van der Waals surface area contributed by atoms with Crippen LogP contribution in [0.15, 0.2) is 121 Å². The van der Waals surface area contributed by atoms with Gasteiger partial charge >= 0.3 is 0 Å². The molecule has 0 radical (unpaired) electrons. The largest absolute Gasteiger partial charge is 0.380 e. The summed E-state index contributed by atoms with van der Waals surface area (Å²) in [5.41, 5.74) is 7.64. The molecule has 8 rings (SSSR count). The summed E-state index contributed by atoms with van der Waals surface area (Å²) in [6.07, 6.45) is 0. The van der Waals surface area contributed by atoms with Crippen LogP contribution in [0.3, 0.4) is 0 Å². The number of rotatable bonds is 4. The van der Waals surface area contributed by atoms with Gasteiger partial charge in [-0.05, 0) is 90.6 Å². The summed E-state index contributed by atoms with van der Waals surface area (Å²) in [7, 11) is 0. The van der Waals surface area contributed by atoms with Crippen molar-refractivity contribution in [2.24, 2.45) is 0 Å². The fourth-order valence-electron chi connectivity index (χ4n) is 6.75. The number of benzene rings is 8. The van der Waals surface area contributed by atoms with E-state index in [0.717, 1.165) is 6.54 Å². The Balaban J connectivity index is 1.26. The lowest BCUT2D eigenvalue weighted by Crippen LogP contribution is -2.01. The van der Waals surface area contributed by atoms with Gasteiger partial charge in [0.1, 0.15) is 0 Å². The van der Waals surface area contributed by atoms with Gasteiger partial charge in [-0.1, -0.05) is 121 Å². The first-order chi connectivity index (χ1) is 19.7. The third-order valence-electron chi connectivity index (χ3n) is 8.70. The molecule has 0 amide bonds. The van der Waals surface area contributed by atoms with E-state index >= 15 is 0 Å². The lowest BCUT2D eigenvalue weighted by atomic mass is 9.87. The van der Waals surface area contributed by atoms with Gasteiger partial charge in [-0.2, -0.15) is 0 Å². The standard InChI is InChI=1S/C39H29N/c1-24-15-18-26(19-16-24)29-9-5-10-30-28(8-4-11-31(29)30)23-40-36-22-21-33-32-12-3-7-27-20-17-25(2)37(38(27)32)35-14-6-13-34(36)39(33)35/h3-22,40H,23H2,1-2H3. The van der Waals surface area contributed by atoms with E-state index in [1.54, 1.807) is 0 Å². The number of fused-ring (bicyclic) bond motifs is 3. The molecule has 0 aliphatic rings. The summed E-state index contributed by atoms with van der Waals surface area (Å²) in [5.74, 6) is 0. The predicted molar refractivity (Wildman–Crippen MR) is 174 cm³/mol. The second kappa shape index (κ2) is 8.83. The smallest absolute Gasteiger partial charge is 0.0423 e. The van der Waals surface area contributed by atoms with Crippen LogP contribution in [0, 0.1) is 13.8 Å². The predicted octanol–water partition coefficient (Wildman–Crippen LogP) is 10.8. The van der Waals surface area contributed by atoms with Crippen molar-refractivity contribution in [1.29, 1.82) is 0 Å². The maximum atomic E-state index is 3.83. The lowest BCUT2D eigenvalue weighted by molar-refractivity contribution is 1.17. The van der Waals surface area contributed by atoms with Crippen LogP contribution in [-0.4, -0.2) is 0 Å². The van der Waals surface area contributed by atoms with Crippen LogP contribution >= 0.6 is 0 Å². The van der Waals surface area contributed by atoms with Crippen molar-refractivity contribution in [1.82, 2.24) is 0 Å². The maximum absolute atomic E-state index is 3.83. The van der Waals surface area contributed by atoms with Gasteiger partial charge in [0.2, 0.25) is 0 Å². The average Bonchev–Trinajstić information content (AvgIpc) is 2.99. The highest BCUT2D eigenvalue weighted by molar-refractivity contribution is 6.34. The zero-order chi connectivity index (χ0) is 26.8. The van der Waals surface area contributed by atoms with Crippen molar-refractivity contribution < 1.29 is 0 Å². The van der Waals surface area contributed by atoms with E-state index in [1.807, 2.05) is 0 Å². The first kappa shape index (κ1) is 23.0. The Morgan fingerprint density at radius 3 is 2.08 bits per heavy atom. The van der Waals surface area contributed by atoms with Gasteiger partial charge < -0.3 is 5.32 Å². The molecule has 0 aliphatic carbocycles. The highest BCUT2D eigenvalue weighted by atomic mass is 14.9. The first-order valence-electron chi connectivity index (χ1n) is 14.1. The topological polar surface area (TPSA) is 12.0 Å². The highest BCUT2D eigenvalue weighted by Crippen LogP contribution is 2.43. The van der Waals surface area contributed by atoms with E-state index in [1.165, 1.54) is 87.4 Å². The molecule has 1 nitrogen and oxygen atoms in total. The van der Waals surface area contributed by atoms with Crippen LogP contribution in [0.1, 0.15) is 16.7 Å². The molecule has 0 aliphatic heterocycles. The molecule has 0 heterocycles. The molecule has 1 heteroatoms. The monoisotopic (exact) mass is 511 g/mol. The Kier molecular flexibility index (Phi) is 5.09. The fourth-order valence-corrected chi connectivity index (χ4v) is 6.75. The summed E-state index contributed by atoms with van der Waals surface area (Å²) in [6.45, 7) is 5.14. The van der Waals surface area contributed by atoms with E-state index in [-0.39, 0.29) is 0 Å². The van der Waals surface area contributed by atoms with Crippen LogP contribution in [0.2, 0.25) is 0 Å². The number of nitrogens with one attached hydrogen (secondary N) is 1. The molecule has 190 valence electrons. The molecule has 40 heavy (non-hydrogen) atoms. The Bertz CT molecular complexity index is 2220. The van der Waals surface area contributed by atoms with Crippen molar-refractivity contribution in [3.8, 4) is 11.1 Å². The van der Waals surface area contributed by atoms with Crippen molar-refractivity contribution in [3.63, 3.8) is 0 Å². The normalized spacial score (nSPS) is 11.8. The number of hydrogen-bond donors (Lipinski definition) is 1. The molecule has 0 spiro atoms. The summed E-state index contributed by atoms with van der Waals surface area (Å²) < 4.78 is 0. The van der Waals surface area contributed by atoms with Crippen LogP contribution in [0.5, 0.6) is 0 Å². The van der Waals surface area contributed by atoms with E-state index in [2.05, 4.69) is 140 Å². The number of anilines is 1. The summed E-state index contributed by atoms with van der Waals surface area (Å²) >= 11 is 0. The summed E-state index contributed by atoms with van der Waals surface area (Å²) in [4.78, 5) is 0. The van der Waals surface area contributed by atoms with Gasteiger partial charge in [0, 0.05) is 17.6 Å². The maximum Gasteiger partial charge on any atom is 0.0423 e. The average molecular weight is 512 g/mol. The molecule has 0 atom stereocenters. The molecule has 8 aromatic rings. The number of hydrogen-bond acceptors (Lipinski definition) is 1. The summed E-state index contributed by atoms with van der Waals surface area (Å²) in [6, 6.07) is 44.8. The lowest BCUT2D eigenvalue weighted by Gasteiger charge is -2.18. The quantitative estimate of drug-likeness (QED) is 0.183. The molecule has 0 fully saturated rings. The third-order valence-corrected chi connectivity index (χ3v) is 8.70. The molecule has 0 aromatic heterocycles. The second-order valence-corrected chi connectivity index (χ2v) is 11.1. The van der Waals surface area contributed by atoms with Gasteiger partial charge in [0.05, 0.1) is 0 Å². The van der Waals surface area contributed by atoms with Crippen molar-refractivity contribution in [2.75, 3.05) is 5.32 Å². The number of aryl methyl sites for hydroxylation is 2. The zero-order valence-corrected chi connectivity index (χ0v) is 22.8. The van der Waals surface area contributed by atoms with Crippen molar-refractivity contribution in [3.05, 3.63) is 138 Å². The van der Waals surface area contributed by atoms with Crippen LogP contribution < -0.4 is 5.32 Å². The van der Waals surface area contributed by atoms with Gasteiger partial charge in [0.25, 0.3) is 0 Å². The SMILES string of the molecule is Cc1ccc(-c2cccc3c(CNc4ccc5c6cccc7ccc(C)c(c8cccc4c58)c76)cccc23)cc1. The minimum Gasteiger partial charge on any atom is -0.380 e. The van der Waals surface area contributed by atoms with Gasteiger partial charge in [-0.15, -0.1) is 0 Å². The Morgan fingerprint density at radius 1 is 0.475 bits per heavy atom. The molecular weight excluding hydrogens is 482 g/mol. The van der Waals surface area contributed by atoms with Crippen LogP contribution in [-0.2, 0) is 6.54 Å². The molecular formula is C39H29N. The van der Waals surface area contributed by atoms with Gasteiger partial charge in [-0.3, -0.25) is 0 Å². The fraction of sp³-hybridized carbons (Fsp3) is 0.0769. The Morgan fingerprint density at radius 2 is 1.18 bits per heavy atom. The minimum absolute atomic E-state index is 0.762. The molecule has 0 saturated heterocycles. The van der Waals surface area contributed by atoms with E-state index < -0.39 is 0 Å². The Labute approximate surface area is 234 Å². The first-order valence-corrected chi connectivity index (χ1v) is 14.1. The molecule has 0 bridgehead atoms. The van der Waals surface area contributed by atoms with Crippen molar-refractivity contribution >= 4 is 59.5 Å². The molecule has 1 N–H and O–H groups in total. The van der Waals surface area contributed by atoms with E-state index in [4.69, 9.17) is 0 Å². The molecule has 8 aromatic carbocycles. The van der Waals surface area contributed by atoms with Gasteiger partial charge in [0.15, 0.2) is 0 Å². The van der Waals surface area contributed by atoms with Crippen LogP contribution in [0.4, 0.5) is 5.69 Å². The van der Waals surface area contributed by atoms with Gasteiger partial charge in [-0.25, -0.2) is 0 Å². The Hall–Kier alpha value is -4.88. The third kappa shape index (κ3) is 3.41. The van der Waals surface area contributed by atoms with Crippen LogP contribution in [0.25, 0.3) is 65.0 Å². The van der Waals surface area contributed by atoms with E-state index in [9.17, 15) is 0 Å². The molecule has 0 saturated carbocycles. The second-order valence-electron chi connectivity index (χ2n) is 11.1. The zero-order valence-electron chi connectivity index (χ0n) is 22.8. The summed E-state index contributed by atoms with van der Waals surface area (Å²) in [5, 5.41) is 17.1. The van der Waals surface area contributed by atoms with E-state index in [0.29, 0.717) is 0 Å². The van der Waals surface area contributed by atoms with Crippen molar-refractivity contribution in [2.45, 2.75) is 20.4 Å².